The van der Waals surface area contributed by atoms with E-state index in [9.17, 15) is 4.79 Å². The maximum Gasteiger partial charge on any atom is 0.201 e. The molecule has 1 spiro atoms. The maximum atomic E-state index is 11.6. The summed E-state index contributed by atoms with van der Waals surface area (Å²) in [5.41, 5.74) is -1.46. The Morgan fingerprint density at radius 3 is 2.65 bits per heavy atom. The second-order valence-electron chi connectivity index (χ2n) is 7.28. The van der Waals surface area contributed by atoms with Gasteiger partial charge >= 0.3 is 0 Å². The lowest BCUT2D eigenvalue weighted by Crippen LogP contribution is -2.61. The van der Waals surface area contributed by atoms with Crippen LogP contribution in [0.15, 0.2) is 0 Å². The first-order chi connectivity index (χ1) is 9.44. The van der Waals surface area contributed by atoms with Crippen molar-refractivity contribution < 1.29 is 24.0 Å². The molecule has 2 bridgehead atoms. The van der Waals surface area contributed by atoms with E-state index >= 15 is 0 Å². The Morgan fingerprint density at radius 2 is 1.90 bits per heavy atom. The predicted molar refractivity (Wildman–Crippen MR) is 68.3 cm³/mol. The van der Waals surface area contributed by atoms with Gasteiger partial charge in [0.25, 0.3) is 0 Å². The lowest BCUT2D eigenvalue weighted by Gasteiger charge is -2.50. The van der Waals surface area contributed by atoms with Crippen molar-refractivity contribution >= 4 is 6.29 Å². The second kappa shape index (κ2) is 3.83. The smallest absolute Gasteiger partial charge is 0.201 e. The van der Waals surface area contributed by atoms with Gasteiger partial charge in [0, 0.05) is 12.3 Å². The van der Waals surface area contributed by atoms with Crippen LogP contribution in [0.4, 0.5) is 0 Å². The number of carbonyl (C=O) groups is 1. The Labute approximate surface area is 118 Å². The fourth-order valence-corrected chi connectivity index (χ4v) is 4.86. The van der Waals surface area contributed by atoms with Gasteiger partial charge in [-0.3, -0.25) is 0 Å². The first-order valence-electron chi connectivity index (χ1n) is 7.62. The molecule has 5 nitrogen and oxygen atoms in total. The largest absolute Gasteiger partial charge is 0.335 e. The quantitative estimate of drug-likeness (QED) is 0.545. The lowest BCUT2D eigenvalue weighted by atomic mass is 9.60. The van der Waals surface area contributed by atoms with Gasteiger partial charge in [-0.15, -0.1) is 0 Å². The Balaban J connectivity index is 1.85. The average Bonchev–Trinajstić information content (AvgIpc) is 2.51. The zero-order valence-corrected chi connectivity index (χ0v) is 12.3. The number of aldehydes is 1. The van der Waals surface area contributed by atoms with Crippen LogP contribution in [-0.4, -0.2) is 29.6 Å². The zero-order valence-electron chi connectivity index (χ0n) is 12.3. The first kappa shape index (κ1) is 13.2. The molecule has 1 saturated carbocycles. The molecule has 0 N–H and O–H groups in total. The Kier molecular flexibility index (Phi) is 2.52. The summed E-state index contributed by atoms with van der Waals surface area (Å²) >= 11 is 0. The summed E-state index contributed by atoms with van der Waals surface area (Å²) in [6.45, 7) is 5.99. The number of hydrogen-bond donors (Lipinski definition) is 0. The van der Waals surface area contributed by atoms with Crippen molar-refractivity contribution in [2.75, 3.05) is 0 Å². The second-order valence-corrected chi connectivity index (χ2v) is 7.28. The average molecular weight is 282 g/mol. The van der Waals surface area contributed by atoms with Crippen molar-refractivity contribution in [1.82, 2.24) is 0 Å². The molecule has 4 heterocycles. The van der Waals surface area contributed by atoms with E-state index in [2.05, 4.69) is 6.92 Å². The molecular formula is C15H22O5. The van der Waals surface area contributed by atoms with E-state index in [1.165, 1.54) is 0 Å². The van der Waals surface area contributed by atoms with Gasteiger partial charge < -0.3 is 14.3 Å². The summed E-state index contributed by atoms with van der Waals surface area (Å²) in [5.74, 6) is 0.0868. The normalized spacial score (nSPS) is 61.0. The highest BCUT2D eigenvalue weighted by molar-refractivity contribution is 5.64. The number of fused-ring (bicyclic) bond motifs is 2. The van der Waals surface area contributed by atoms with Crippen LogP contribution in [0.25, 0.3) is 0 Å². The van der Waals surface area contributed by atoms with Crippen LogP contribution in [0.3, 0.4) is 0 Å². The minimum Gasteiger partial charge on any atom is -0.335 e. The Morgan fingerprint density at radius 1 is 1.10 bits per heavy atom. The maximum absolute atomic E-state index is 11.6. The van der Waals surface area contributed by atoms with Gasteiger partial charge in [-0.1, -0.05) is 6.92 Å². The third-order valence-corrected chi connectivity index (χ3v) is 6.01. The molecule has 5 heteroatoms. The summed E-state index contributed by atoms with van der Waals surface area (Å²) in [4.78, 5) is 23.2. The van der Waals surface area contributed by atoms with Crippen LogP contribution in [0.5, 0.6) is 0 Å². The van der Waals surface area contributed by atoms with Gasteiger partial charge in [0.05, 0.1) is 0 Å². The number of carbonyl (C=O) groups excluding carboxylic acids is 1. The van der Waals surface area contributed by atoms with E-state index in [0.29, 0.717) is 11.8 Å². The topological polar surface area (TPSA) is 54.0 Å². The third kappa shape index (κ3) is 1.39. The summed E-state index contributed by atoms with van der Waals surface area (Å²) in [6.07, 6.45) is 4.20. The van der Waals surface area contributed by atoms with Gasteiger partial charge in [-0.2, -0.15) is 0 Å². The molecule has 0 amide bonds. The fourth-order valence-electron chi connectivity index (χ4n) is 4.86. The van der Waals surface area contributed by atoms with Crippen LogP contribution in [0, 0.1) is 17.8 Å². The highest BCUT2D eigenvalue weighted by Crippen LogP contribution is 2.62. The monoisotopic (exact) mass is 282 g/mol. The fraction of sp³-hybridized carbons (Fsp3) is 0.933. The summed E-state index contributed by atoms with van der Waals surface area (Å²) in [6, 6.07) is 0. The van der Waals surface area contributed by atoms with Crippen LogP contribution >= 0.6 is 0 Å². The molecule has 0 radical (unpaired) electrons. The van der Waals surface area contributed by atoms with E-state index in [1.54, 1.807) is 0 Å². The van der Waals surface area contributed by atoms with Gasteiger partial charge in [0.15, 0.2) is 18.2 Å². The number of ether oxygens (including phenoxy) is 2. The summed E-state index contributed by atoms with van der Waals surface area (Å²) in [5, 5.41) is 0. The van der Waals surface area contributed by atoms with E-state index in [0.717, 1.165) is 32.0 Å². The van der Waals surface area contributed by atoms with Gasteiger partial charge in [-0.05, 0) is 44.9 Å². The van der Waals surface area contributed by atoms with E-state index < -0.39 is 23.3 Å². The van der Waals surface area contributed by atoms with Crippen molar-refractivity contribution in [3.63, 3.8) is 0 Å². The molecule has 20 heavy (non-hydrogen) atoms. The van der Waals surface area contributed by atoms with Crippen LogP contribution in [-0.2, 0) is 24.0 Å². The molecule has 0 aromatic carbocycles. The minimum absolute atomic E-state index is 0.00125. The van der Waals surface area contributed by atoms with Gasteiger partial charge in [0.1, 0.15) is 5.60 Å². The first-order valence-corrected chi connectivity index (χ1v) is 7.62. The minimum atomic E-state index is -0.838. The molecule has 112 valence electrons. The van der Waals surface area contributed by atoms with Crippen LogP contribution < -0.4 is 0 Å². The van der Waals surface area contributed by atoms with Crippen molar-refractivity contribution in [1.29, 1.82) is 0 Å². The standard InChI is InChI=1S/C15H22O5/c1-9-4-5-11-13(2,8-16)17-12-15(11)10(9)6-7-14(3,18-12)19-20-15/h8-12H,4-7H2,1-3H3/t9-,10+,11?,12+,13-,14-,15-/m1/s1. The van der Waals surface area contributed by atoms with E-state index in [1.807, 2.05) is 13.8 Å². The van der Waals surface area contributed by atoms with Crippen LogP contribution in [0.1, 0.15) is 46.5 Å². The van der Waals surface area contributed by atoms with Crippen molar-refractivity contribution in [2.24, 2.45) is 17.8 Å². The van der Waals surface area contributed by atoms with E-state index in [-0.39, 0.29) is 5.92 Å². The molecular weight excluding hydrogens is 260 g/mol. The number of hydrogen-bond acceptors (Lipinski definition) is 5. The molecule has 7 atom stereocenters. The summed E-state index contributed by atoms with van der Waals surface area (Å²) < 4.78 is 12.1. The number of rotatable bonds is 1. The molecule has 0 aromatic rings. The Hall–Kier alpha value is -0.490. The van der Waals surface area contributed by atoms with Crippen molar-refractivity contribution in [2.45, 2.75) is 69.7 Å². The Bertz CT molecular complexity index is 454. The molecule has 5 aliphatic rings. The van der Waals surface area contributed by atoms with Gasteiger partial charge in [0.2, 0.25) is 5.79 Å². The van der Waals surface area contributed by atoms with Crippen LogP contribution in [0.2, 0.25) is 0 Å². The highest BCUT2D eigenvalue weighted by Gasteiger charge is 2.74. The van der Waals surface area contributed by atoms with Crippen molar-refractivity contribution in [3.8, 4) is 0 Å². The molecule has 5 fully saturated rings. The molecule has 4 saturated heterocycles. The summed E-state index contributed by atoms with van der Waals surface area (Å²) in [7, 11) is 0. The SMILES string of the molecule is C[C@@H]1CCC2[C@]34OO[C@](C)(CC[C@@H]13)O[C@@H]4O[C@]2(C)C=O. The predicted octanol–water partition coefficient (Wildman–Crippen LogP) is 2.19. The lowest BCUT2D eigenvalue weighted by molar-refractivity contribution is -0.541. The van der Waals surface area contributed by atoms with E-state index in [4.69, 9.17) is 19.2 Å². The molecule has 4 aliphatic heterocycles. The highest BCUT2D eigenvalue weighted by atomic mass is 17.3. The molecule has 1 unspecified atom stereocenters. The molecule has 5 rings (SSSR count). The molecule has 0 aromatic heterocycles. The van der Waals surface area contributed by atoms with Gasteiger partial charge in [-0.25, -0.2) is 9.78 Å². The zero-order chi connectivity index (χ0) is 14.2. The third-order valence-electron chi connectivity index (χ3n) is 6.01. The molecule has 1 aliphatic carbocycles. The van der Waals surface area contributed by atoms with Crippen molar-refractivity contribution in [3.05, 3.63) is 0 Å².